The molecule has 1 aromatic carbocycles. The highest BCUT2D eigenvalue weighted by molar-refractivity contribution is 6.30. The lowest BCUT2D eigenvalue weighted by molar-refractivity contribution is -0.120. The lowest BCUT2D eigenvalue weighted by Crippen LogP contribution is -2.31. The van der Waals surface area contributed by atoms with E-state index in [1.807, 2.05) is 24.3 Å². The minimum Gasteiger partial charge on any atom is -0.294 e. The van der Waals surface area contributed by atoms with Crippen LogP contribution in [-0.4, -0.2) is 15.7 Å². The van der Waals surface area contributed by atoms with Gasteiger partial charge in [-0.2, -0.15) is 5.10 Å². The van der Waals surface area contributed by atoms with Crippen molar-refractivity contribution in [2.24, 2.45) is 5.84 Å². The minimum absolute atomic E-state index is 0.207. The molecule has 0 bridgehead atoms. The van der Waals surface area contributed by atoms with Gasteiger partial charge in [0.15, 0.2) is 0 Å². The fraction of sp³-hybridized carbons (Fsp3) is 0.167. The van der Waals surface area contributed by atoms with Gasteiger partial charge < -0.3 is 0 Å². The number of aromatic nitrogens is 2. The van der Waals surface area contributed by atoms with E-state index in [1.54, 1.807) is 17.1 Å². The molecular formula is C12H13ClN4O. The molecule has 1 heterocycles. The number of nitrogens with zero attached hydrogens (tertiary/aromatic N) is 2. The molecule has 5 nitrogen and oxygen atoms in total. The Morgan fingerprint density at radius 3 is 2.56 bits per heavy atom. The lowest BCUT2D eigenvalue weighted by atomic mass is 10.1. The molecule has 0 spiro atoms. The van der Waals surface area contributed by atoms with Gasteiger partial charge in [0.1, 0.15) is 0 Å². The predicted octanol–water partition coefficient (Wildman–Crippen LogP) is 1.12. The van der Waals surface area contributed by atoms with Crippen LogP contribution < -0.4 is 11.3 Å². The van der Waals surface area contributed by atoms with E-state index >= 15 is 0 Å². The number of nitrogens with one attached hydrogen (secondary N) is 1. The first-order chi connectivity index (χ1) is 8.67. The van der Waals surface area contributed by atoms with Crippen molar-refractivity contribution in [3.05, 3.63) is 52.8 Å². The molecule has 3 N–H and O–H groups in total. The second-order valence-corrected chi connectivity index (χ2v) is 4.35. The summed E-state index contributed by atoms with van der Waals surface area (Å²) in [7, 11) is 0. The van der Waals surface area contributed by atoms with Crippen LogP contribution in [0, 0.1) is 0 Å². The molecule has 18 heavy (non-hydrogen) atoms. The number of amides is 1. The summed E-state index contributed by atoms with van der Waals surface area (Å²) in [4.78, 5) is 11.1. The molecule has 1 aromatic heterocycles. The SMILES string of the molecule is NNC(=O)Cc1ccc(Cn2cc(Cl)cn2)cc1. The van der Waals surface area contributed by atoms with Crippen molar-refractivity contribution in [2.45, 2.75) is 13.0 Å². The van der Waals surface area contributed by atoms with Gasteiger partial charge in [0.05, 0.1) is 24.2 Å². The van der Waals surface area contributed by atoms with E-state index in [2.05, 4.69) is 10.5 Å². The molecule has 0 fully saturated rings. The Kier molecular flexibility index (Phi) is 3.96. The highest BCUT2D eigenvalue weighted by Crippen LogP contribution is 2.09. The molecule has 0 aliphatic heterocycles. The van der Waals surface area contributed by atoms with Gasteiger partial charge in [-0.1, -0.05) is 35.9 Å². The summed E-state index contributed by atoms with van der Waals surface area (Å²) in [6.45, 7) is 0.649. The molecule has 0 saturated heterocycles. The largest absolute Gasteiger partial charge is 0.294 e. The smallest absolute Gasteiger partial charge is 0.238 e. The van der Waals surface area contributed by atoms with Gasteiger partial charge in [-0.15, -0.1) is 0 Å². The summed E-state index contributed by atoms with van der Waals surface area (Å²) in [6.07, 6.45) is 3.64. The number of carbonyl (C=O) groups is 1. The van der Waals surface area contributed by atoms with Crippen LogP contribution in [0.1, 0.15) is 11.1 Å². The third-order valence-electron chi connectivity index (χ3n) is 2.49. The van der Waals surface area contributed by atoms with Crippen molar-refractivity contribution in [1.29, 1.82) is 0 Å². The van der Waals surface area contributed by atoms with Gasteiger partial charge >= 0.3 is 0 Å². The van der Waals surface area contributed by atoms with Crippen molar-refractivity contribution in [3.8, 4) is 0 Å². The van der Waals surface area contributed by atoms with Crippen LogP contribution >= 0.6 is 11.6 Å². The predicted molar refractivity (Wildman–Crippen MR) is 68.8 cm³/mol. The van der Waals surface area contributed by atoms with E-state index < -0.39 is 0 Å². The maximum atomic E-state index is 11.1. The molecular weight excluding hydrogens is 252 g/mol. The van der Waals surface area contributed by atoms with Crippen molar-refractivity contribution in [2.75, 3.05) is 0 Å². The molecule has 0 unspecified atom stereocenters. The zero-order valence-corrected chi connectivity index (χ0v) is 10.4. The molecule has 6 heteroatoms. The summed E-state index contributed by atoms with van der Waals surface area (Å²) in [6, 6.07) is 7.70. The Morgan fingerprint density at radius 1 is 1.33 bits per heavy atom. The van der Waals surface area contributed by atoms with Gasteiger partial charge in [0, 0.05) is 6.20 Å². The van der Waals surface area contributed by atoms with Crippen LogP contribution in [0.3, 0.4) is 0 Å². The monoisotopic (exact) mass is 264 g/mol. The summed E-state index contributed by atoms with van der Waals surface area (Å²) >= 11 is 5.79. The van der Waals surface area contributed by atoms with E-state index in [0.29, 0.717) is 11.6 Å². The zero-order valence-electron chi connectivity index (χ0n) is 9.64. The second-order valence-electron chi connectivity index (χ2n) is 3.92. The van der Waals surface area contributed by atoms with E-state index in [0.717, 1.165) is 11.1 Å². The third-order valence-corrected chi connectivity index (χ3v) is 2.69. The molecule has 0 atom stereocenters. The summed E-state index contributed by atoms with van der Waals surface area (Å²) in [5.74, 6) is 4.82. The van der Waals surface area contributed by atoms with Crippen LogP contribution in [0.25, 0.3) is 0 Å². The number of carbonyl (C=O) groups excluding carboxylic acids is 1. The van der Waals surface area contributed by atoms with E-state index in [1.165, 1.54) is 0 Å². The number of hydrogen-bond acceptors (Lipinski definition) is 3. The lowest BCUT2D eigenvalue weighted by Gasteiger charge is -2.04. The van der Waals surface area contributed by atoms with Gasteiger partial charge in [-0.25, -0.2) is 5.84 Å². The normalized spacial score (nSPS) is 10.3. The minimum atomic E-state index is -0.207. The molecule has 0 aliphatic rings. The van der Waals surface area contributed by atoms with Crippen LogP contribution in [-0.2, 0) is 17.8 Å². The first-order valence-corrected chi connectivity index (χ1v) is 5.80. The highest BCUT2D eigenvalue weighted by Gasteiger charge is 2.02. The number of hydrazine groups is 1. The fourth-order valence-corrected chi connectivity index (χ4v) is 1.77. The van der Waals surface area contributed by atoms with Crippen LogP contribution in [0.5, 0.6) is 0 Å². The maximum absolute atomic E-state index is 11.1. The average molecular weight is 265 g/mol. The highest BCUT2D eigenvalue weighted by atomic mass is 35.5. The van der Waals surface area contributed by atoms with Gasteiger partial charge in [0.2, 0.25) is 5.91 Å². The van der Waals surface area contributed by atoms with Crippen molar-refractivity contribution in [3.63, 3.8) is 0 Å². The van der Waals surface area contributed by atoms with Crippen LogP contribution in [0.4, 0.5) is 0 Å². The van der Waals surface area contributed by atoms with Gasteiger partial charge in [-0.3, -0.25) is 14.9 Å². The molecule has 0 radical (unpaired) electrons. The Labute approximate surface area is 110 Å². The standard InChI is InChI=1S/C12H13ClN4O/c13-11-6-15-17(8-11)7-10-3-1-9(2-4-10)5-12(18)16-14/h1-4,6,8H,5,7,14H2,(H,16,18). The van der Waals surface area contributed by atoms with Crippen LogP contribution in [0.15, 0.2) is 36.7 Å². The van der Waals surface area contributed by atoms with E-state index in [9.17, 15) is 4.79 Å². The van der Waals surface area contributed by atoms with E-state index in [-0.39, 0.29) is 12.3 Å². The Balaban J connectivity index is 2.01. The summed E-state index contributed by atoms with van der Waals surface area (Å²) < 4.78 is 1.75. The topological polar surface area (TPSA) is 72.9 Å². The molecule has 2 rings (SSSR count). The van der Waals surface area contributed by atoms with Crippen molar-refractivity contribution < 1.29 is 4.79 Å². The average Bonchev–Trinajstić information content (AvgIpc) is 2.77. The molecule has 1 amide bonds. The summed E-state index contributed by atoms with van der Waals surface area (Å²) in [5, 5.41) is 4.72. The number of hydrogen-bond donors (Lipinski definition) is 2. The summed E-state index contributed by atoms with van der Waals surface area (Å²) in [5.41, 5.74) is 4.11. The zero-order chi connectivity index (χ0) is 13.0. The molecule has 0 saturated carbocycles. The molecule has 0 aliphatic carbocycles. The third kappa shape index (κ3) is 3.32. The molecule has 94 valence electrons. The number of halogens is 1. The molecule has 2 aromatic rings. The van der Waals surface area contributed by atoms with Crippen molar-refractivity contribution in [1.82, 2.24) is 15.2 Å². The van der Waals surface area contributed by atoms with Gasteiger partial charge in [-0.05, 0) is 11.1 Å². The first-order valence-electron chi connectivity index (χ1n) is 5.42. The quantitative estimate of drug-likeness (QED) is 0.494. The Hall–Kier alpha value is -1.85. The fourth-order valence-electron chi connectivity index (χ4n) is 1.61. The first kappa shape index (κ1) is 12.6. The maximum Gasteiger partial charge on any atom is 0.238 e. The van der Waals surface area contributed by atoms with Crippen molar-refractivity contribution >= 4 is 17.5 Å². The van der Waals surface area contributed by atoms with E-state index in [4.69, 9.17) is 17.4 Å². The Bertz CT molecular complexity index is 535. The number of benzene rings is 1. The number of rotatable bonds is 4. The van der Waals surface area contributed by atoms with Gasteiger partial charge in [0.25, 0.3) is 0 Å². The van der Waals surface area contributed by atoms with Crippen LogP contribution in [0.2, 0.25) is 5.02 Å². The number of nitrogens with two attached hydrogens (primary N) is 1. The Morgan fingerprint density at radius 2 is 2.00 bits per heavy atom. The second kappa shape index (κ2) is 5.66.